The standard InChI is InChI=1S/C20H21F3N6O2/c21-20(22,23)14-4-3-10-28(14)16-7-6-13-17(26-16)29(19(31)8-11-27(13)12-19)18(30)25-15-5-1-2-9-24-15/h1-2,5-7,9,14,31H,3-4,8,10-12H2,(H,24,25,30)/t14?,19-/m1/s1. The van der Waals surface area contributed by atoms with Gasteiger partial charge in [-0.15, -0.1) is 0 Å². The lowest BCUT2D eigenvalue weighted by atomic mass is 10.1. The lowest BCUT2D eigenvalue weighted by molar-refractivity contribution is -0.146. The maximum absolute atomic E-state index is 13.5. The van der Waals surface area contributed by atoms with E-state index in [4.69, 9.17) is 0 Å². The molecule has 0 spiro atoms. The fraction of sp³-hybridized carbons (Fsp3) is 0.450. The van der Waals surface area contributed by atoms with E-state index in [0.717, 1.165) is 4.90 Å². The number of fused-ring (bicyclic) bond motifs is 4. The van der Waals surface area contributed by atoms with Gasteiger partial charge in [-0.3, -0.25) is 5.32 Å². The Kier molecular flexibility index (Phi) is 4.47. The van der Waals surface area contributed by atoms with E-state index in [0.29, 0.717) is 30.9 Å². The summed E-state index contributed by atoms with van der Waals surface area (Å²) in [6, 6.07) is 6.00. The molecule has 2 aromatic heterocycles. The zero-order valence-electron chi connectivity index (χ0n) is 16.5. The van der Waals surface area contributed by atoms with Crippen molar-refractivity contribution in [3.05, 3.63) is 36.5 Å². The second kappa shape index (κ2) is 6.98. The Balaban J connectivity index is 1.53. The Morgan fingerprint density at radius 2 is 2.06 bits per heavy atom. The van der Waals surface area contributed by atoms with Crippen LogP contribution in [0.3, 0.4) is 0 Å². The first kappa shape index (κ1) is 19.9. The summed E-state index contributed by atoms with van der Waals surface area (Å²) in [4.78, 5) is 25.9. The number of hydrogen-bond acceptors (Lipinski definition) is 6. The van der Waals surface area contributed by atoms with Crippen LogP contribution in [-0.4, -0.2) is 58.7 Å². The molecular formula is C20H21F3N6O2. The summed E-state index contributed by atoms with van der Waals surface area (Å²) >= 11 is 0. The number of anilines is 4. The second-order valence-electron chi connectivity index (χ2n) is 8.04. The fourth-order valence-corrected chi connectivity index (χ4v) is 4.63. The van der Waals surface area contributed by atoms with E-state index in [1.807, 2.05) is 4.90 Å². The molecule has 31 heavy (non-hydrogen) atoms. The van der Waals surface area contributed by atoms with Crippen LogP contribution in [0.4, 0.5) is 41.1 Å². The summed E-state index contributed by atoms with van der Waals surface area (Å²) in [7, 11) is 0. The molecule has 3 aliphatic heterocycles. The van der Waals surface area contributed by atoms with Gasteiger partial charge in [-0.05, 0) is 37.1 Å². The Hall–Kier alpha value is -3.08. The maximum atomic E-state index is 13.5. The average molecular weight is 434 g/mol. The number of pyridine rings is 2. The number of urea groups is 1. The largest absolute Gasteiger partial charge is 0.408 e. The normalized spacial score (nSPS) is 25.0. The first-order valence-electron chi connectivity index (χ1n) is 10.1. The smallest absolute Gasteiger partial charge is 0.368 e. The van der Waals surface area contributed by atoms with Gasteiger partial charge in [0.15, 0.2) is 11.5 Å². The number of halogens is 3. The van der Waals surface area contributed by atoms with Crippen molar-refractivity contribution in [1.29, 1.82) is 0 Å². The molecule has 0 aromatic carbocycles. The molecule has 5 rings (SSSR count). The molecule has 0 aliphatic carbocycles. The summed E-state index contributed by atoms with van der Waals surface area (Å²) in [5.41, 5.74) is -0.906. The van der Waals surface area contributed by atoms with Crippen molar-refractivity contribution < 1.29 is 23.1 Å². The first-order chi connectivity index (χ1) is 14.8. The van der Waals surface area contributed by atoms with E-state index in [1.165, 1.54) is 11.1 Å². The predicted octanol–water partition coefficient (Wildman–Crippen LogP) is 2.96. The van der Waals surface area contributed by atoms with Crippen LogP contribution in [0.5, 0.6) is 0 Å². The van der Waals surface area contributed by atoms with Gasteiger partial charge in [0.05, 0.1) is 12.2 Å². The molecule has 0 radical (unpaired) electrons. The number of nitrogens with zero attached hydrogens (tertiary/aromatic N) is 5. The Labute approximate surface area is 176 Å². The van der Waals surface area contributed by atoms with Crippen LogP contribution in [0, 0.1) is 0 Å². The molecule has 164 valence electrons. The van der Waals surface area contributed by atoms with Crippen LogP contribution in [0.1, 0.15) is 19.3 Å². The minimum atomic E-state index is -4.37. The molecule has 2 N–H and O–H groups in total. The minimum Gasteiger partial charge on any atom is -0.368 e. The van der Waals surface area contributed by atoms with E-state index < -0.39 is 24.0 Å². The number of amides is 2. The van der Waals surface area contributed by atoms with Gasteiger partial charge >= 0.3 is 12.2 Å². The predicted molar refractivity (Wildman–Crippen MR) is 108 cm³/mol. The highest BCUT2D eigenvalue weighted by Crippen LogP contribution is 2.45. The third kappa shape index (κ3) is 3.32. The molecule has 2 fully saturated rings. The van der Waals surface area contributed by atoms with Gasteiger partial charge in [0.2, 0.25) is 0 Å². The van der Waals surface area contributed by atoms with E-state index in [-0.39, 0.29) is 31.1 Å². The van der Waals surface area contributed by atoms with Crippen molar-refractivity contribution in [3.8, 4) is 0 Å². The molecule has 8 nitrogen and oxygen atoms in total. The van der Waals surface area contributed by atoms with Crippen LogP contribution >= 0.6 is 0 Å². The van der Waals surface area contributed by atoms with Crippen LogP contribution in [0.15, 0.2) is 36.5 Å². The molecule has 1 unspecified atom stereocenters. The Morgan fingerprint density at radius 1 is 1.23 bits per heavy atom. The monoisotopic (exact) mass is 434 g/mol. The van der Waals surface area contributed by atoms with Crippen molar-refractivity contribution in [3.63, 3.8) is 0 Å². The maximum Gasteiger partial charge on any atom is 0.408 e. The van der Waals surface area contributed by atoms with Crippen molar-refractivity contribution in [2.24, 2.45) is 0 Å². The summed E-state index contributed by atoms with van der Waals surface area (Å²) < 4.78 is 40.4. The number of aromatic nitrogens is 2. The lowest BCUT2D eigenvalue weighted by Gasteiger charge is -2.41. The fourth-order valence-electron chi connectivity index (χ4n) is 4.63. The van der Waals surface area contributed by atoms with Crippen LogP contribution in [0.2, 0.25) is 0 Å². The van der Waals surface area contributed by atoms with Crippen molar-refractivity contribution in [2.75, 3.05) is 39.7 Å². The first-order valence-corrected chi connectivity index (χ1v) is 10.1. The molecule has 5 heterocycles. The van der Waals surface area contributed by atoms with Crippen LogP contribution in [0.25, 0.3) is 0 Å². The molecule has 2 saturated heterocycles. The molecule has 3 aliphatic rings. The van der Waals surface area contributed by atoms with Crippen molar-refractivity contribution >= 4 is 29.2 Å². The van der Waals surface area contributed by atoms with Gasteiger partial charge in [0.1, 0.15) is 17.7 Å². The summed E-state index contributed by atoms with van der Waals surface area (Å²) in [5.74, 6) is 0.580. The van der Waals surface area contributed by atoms with Gasteiger partial charge < -0.3 is 14.9 Å². The summed E-state index contributed by atoms with van der Waals surface area (Å²) in [5, 5.41) is 13.8. The molecule has 0 saturated carbocycles. The topological polar surface area (TPSA) is 84.8 Å². The van der Waals surface area contributed by atoms with E-state index in [9.17, 15) is 23.1 Å². The molecule has 2 bridgehead atoms. The van der Waals surface area contributed by atoms with E-state index in [1.54, 1.807) is 30.3 Å². The van der Waals surface area contributed by atoms with Crippen molar-refractivity contribution in [1.82, 2.24) is 9.97 Å². The number of nitrogens with one attached hydrogen (secondary N) is 1. The molecule has 2 amide bonds. The molecule has 2 atom stereocenters. The summed E-state index contributed by atoms with van der Waals surface area (Å²) in [6.45, 7) is 0.933. The zero-order valence-corrected chi connectivity index (χ0v) is 16.5. The van der Waals surface area contributed by atoms with Gasteiger partial charge in [-0.2, -0.15) is 13.2 Å². The van der Waals surface area contributed by atoms with Gasteiger partial charge in [0, 0.05) is 25.7 Å². The number of aliphatic hydroxyl groups is 1. The number of alkyl halides is 3. The van der Waals surface area contributed by atoms with Crippen LogP contribution in [-0.2, 0) is 0 Å². The summed E-state index contributed by atoms with van der Waals surface area (Å²) in [6.07, 6.45) is -2.15. The molecule has 2 aromatic rings. The van der Waals surface area contributed by atoms with Crippen LogP contribution < -0.4 is 20.0 Å². The average Bonchev–Trinajstić information content (AvgIpc) is 3.34. The number of carbonyl (C=O) groups is 1. The Morgan fingerprint density at radius 3 is 2.81 bits per heavy atom. The SMILES string of the molecule is O=C(Nc1ccccn1)N1c2nc(N3CCCC3C(F)(F)F)ccc2N2CC[C@@]1(O)C2. The van der Waals surface area contributed by atoms with Crippen molar-refractivity contribution in [2.45, 2.75) is 37.2 Å². The minimum absolute atomic E-state index is 0.00219. The number of hydrogen-bond donors (Lipinski definition) is 2. The quantitative estimate of drug-likeness (QED) is 0.756. The number of carbonyl (C=O) groups excluding carboxylic acids is 1. The van der Waals surface area contributed by atoms with Gasteiger partial charge in [-0.25, -0.2) is 19.7 Å². The third-order valence-corrected chi connectivity index (χ3v) is 6.06. The molecule has 11 heteroatoms. The van der Waals surface area contributed by atoms with E-state index in [2.05, 4.69) is 15.3 Å². The number of rotatable bonds is 2. The Bertz CT molecular complexity index is 1000. The van der Waals surface area contributed by atoms with Gasteiger partial charge in [-0.1, -0.05) is 6.07 Å². The highest BCUT2D eigenvalue weighted by molar-refractivity contribution is 6.04. The highest BCUT2D eigenvalue weighted by atomic mass is 19.4. The van der Waals surface area contributed by atoms with Gasteiger partial charge in [0.25, 0.3) is 0 Å². The van der Waals surface area contributed by atoms with E-state index >= 15 is 0 Å². The third-order valence-electron chi connectivity index (χ3n) is 6.06. The second-order valence-corrected chi connectivity index (χ2v) is 8.04. The highest BCUT2D eigenvalue weighted by Gasteiger charge is 2.52. The zero-order chi connectivity index (χ0) is 21.8. The molecular weight excluding hydrogens is 413 g/mol. The lowest BCUT2D eigenvalue weighted by Crippen LogP contribution is -2.58.